The van der Waals surface area contributed by atoms with Crippen LogP contribution in [0.4, 0.5) is 0 Å². The Labute approximate surface area is 373 Å². The number of ether oxygens (including phenoxy) is 4. The fourth-order valence-electron chi connectivity index (χ4n) is 14.1. The van der Waals surface area contributed by atoms with Crippen LogP contribution in [0.5, 0.6) is 0 Å². The van der Waals surface area contributed by atoms with Crippen LogP contribution in [0.3, 0.4) is 0 Å². The average molecular weight is 887 g/mol. The molecule has 1 amide bonds. The highest BCUT2D eigenvalue weighted by Gasteiger charge is 2.82. The van der Waals surface area contributed by atoms with E-state index in [-0.39, 0.29) is 5.92 Å². The number of fused-ring (bicyclic) bond motifs is 6. The highest BCUT2D eigenvalue weighted by molar-refractivity contribution is 7.99. The largest absolute Gasteiger partial charge is 0.468 e. The Balaban J connectivity index is 1.35. The summed E-state index contributed by atoms with van der Waals surface area (Å²) in [5.74, 6) is -2.10. The molecule has 6 heterocycles. The number of rotatable bonds is 10. The zero-order chi connectivity index (χ0) is 44.9. The number of aromatic nitrogens is 1. The zero-order valence-electron chi connectivity index (χ0n) is 37.5. The Bertz CT molecular complexity index is 2310. The van der Waals surface area contributed by atoms with Gasteiger partial charge in [0, 0.05) is 90.2 Å². The molecular weight excluding hydrogens is 825 g/mol. The van der Waals surface area contributed by atoms with Gasteiger partial charge in [-0.05, 0) is 92.2 Å². The van der Waals surface area contributed by atoms with Gasteiger partial charge < -0.3 is 39.0 Å². The highest BCUT2D eigenvalue weighted by atomic mass is 32.2. The van der Waals surface area contributed by atoms with Gasteiger partial charge in [-0.1, -0.05) is 39.0 Å². The van der Waals surface area contributed by atoms with E-state index in [2.05, 4.69) is 46.0 Å². The molecule has 4 fully saturated rings. The van der Waals surface area contributed by atoms with Crippen LogP contribution in [-0.2, 0) is 50.0 Å². The normalized spacial score (nSPS) is 39.1. The standard InChI is InChI=1S/C48H62N4O10S/c1-8-44(57)23-29-24-47(42(55)60-6,38-31(14-18-50(25-29)26-44)32-20-30(63-10-3)12-13-35(32)49-38)34-21-33-36(22-37(34)59-5)52(27-53)40-46(33)16-19-51-17-11-15-45(9-2,39(46)51)41(62-28(4)54)48(40,58)43(56)61-7/h11-13,15,20-22,27,29,34,37,39-41,49,57-58H,8-10,14,16-19,23-26H2,1-7H3/t29-,34?,37?,39+,40-,41-,44+,45-,46-,47+,48+/m1/s1. The molecule has 3 saturated heterocycles. The first-order valence-corrected chi connectivity index (χ1v) is 23.6. The lowest BCUT2D eigenvalue weighted by atomic mass is 9.47. The summed E-state index contributed by atoms with van der Waals surface area (Å²) in [5.41, 5.74) is -3.24. The molecule has 3 unspecified atom stereocenters. The minimum Gasteiger partial charge on any atom is -0.468 e. The molecule has 2 aliphatic carbocycles. The van der Waals surface area contributed by atoms with E-state index in [4.69, 9.17) is 18.9 Å². The van der Waals surface area contributed by atoms with Crippen molar-refractivity contribution in [2.75, 3.05) is 59.8 Å². The number of benzene rings is 1. The molecule has 1 aromatic heterocycles. The highest BCUT2D eigenvalue weighted by Crippen LogP contribution is 2.70. The molecule has 63 heavy (non-hydrogen) atoms. The van der Waals surface area contributed by atoms with Crippen molar-refractivity contribution in [1.29, 1.82) is 0 Å². The third-order valence-electron chi connectivity index (χ3n) is 16.3. The van der Waals surface area contributed by atoms with Gasteiger partial charge in [0.2, 0.25) is 12.0 Å². The molecule has 9 rings (SSSR count). The van der Waals surface area contributed by atoms with E-state index >= 15 is 4.79 Å². The van der Waals surface area contributed by atoms with Crippen LogP contribution in [0, 0.1) is 22.7 Å². The Hall–Kier alpha value is -3.99. The number of esters is 3. The van der Waals surface area contributed by atoms with Gasteiger partial charge in [-0.15, -0.1) is 11.8 Å². The average Bonchev–Trinajstić information content (AvgIpc) is 3.95. The number of H-pyrrole nitrogens is 1. The summed E-state index contributed by atoms with van der Waals surface area (Å²) in [6, 6.07) is 4.69. The third-order valence-corrected chi connectivity index (χ3v) is 17.2. The van der Waals surface area contributed by atoms with Gasteiger partial charge in [-0.3, -0.25) is 24.2 Å². The Morgan fingerprint density at radius 1 is 1.00 bits per heavy atom. The van der Waals surface area contributed by atoms with Crippen LogP contribution in [0.25, 0.3) is 10.9 Å². The van der Waals surface area contributed by atoms with Gasteiger partial charge in [0.05, 0.1) is 32.0 Å². The van der Waals surface area contributed by atoms with E-state index in [1.165, 1.54) is 26.0 Å². The first-order chi connectivity index (χ1) is 30.2. The van der Waals surface area contributed by atoms with E-state index in [1.807, 2.05) is 32.1 Å². The van der Waals surface area contributed by atoms with E-state index in [0.717, 1.165) is 38.4 Å². The number of likely N-dealkylation sites (tertiary alicyclic amines) is 1. The maximum Gasteiger partial charge on any atom is 0.344 e. The fraction of sp³-hybridized carbons (Fsp3) is 0.625. The number of methoxy groups -OCH3 is 3. The minimum absolute atomic E-state index is 0.129. The molecule has 2 bridgehead atoms. The molecule has 14 nitrogen and oxygen atoms in total. The van der Waals surface area contributed by atoms with Gasteiger partial charge in [-0.2, -0.15) is 0 Å². The predicted octanol–water partition coefficient (Wildman–Crippen LogP) is 4.27. The van der Waals surface area contributed by atoms with Gasteiger partial charge in [0.15, 0.2) is 6.10 Å². The van der Waals surface area contributed by atoms with Crippen molar-refractivity contribution in [3.63, 3.8) is 0 Å². The summed E-state index contributed by atoms with van der Waals surface area (Å²) in [4.78, 5) is 67.9. The second-order valence-corrected chi connectivity index (χ2v) is 20.4. The summed E-state index contributed by atoms with van der Waals surface area (Å²) >= 11 is 1.76. The first kappa shape index (κ1) is 44.2. The third kappa shape index (κ3) is 6.08. The first-order valence-electron chi connectivity index (χ1n) is 22.6. The number of aliphatic hydroxyl groups is 2. The Kier molecular flexibility index (Phi) is 11.1. The Morgan fingerprint density at radius 2 is 1.78 bits per heavy atom. The van der Waals surface area contributed by atoms with E-state index in [9.17, 15) is 24.6 Å². The van der Waals surface area contributed by atoms with Crippen LogP contribution in [0.15, 0.2) is 58.7 Å². The van der Waals surface area contributed by atoms with Crippen molar-refractivity contribution < 1.29 is 48.3 Å². The van der Waals surface area contributed by atoms with Gasteiger partial charge >= 0.3 is 17.9 Å². The van der Waals surface area contributed by atoms with Gasteiger partial charge in [0.25, 0.3) is 0 Å². The van der Waals surface area contributed by atoms with Crippen molar-refractivity contribution >= 4 is 47.0 Å². The Morgan fingerprint density at radius 3 is 2.44 bits per heavy atom. The summed E-state index contributed by atoms with van der Waals surface area (Å²) in [5, 5.41) is 26.5. The molecule has 340 valence electrons. The molecule has 15 heteroatoms. The lowest BCUT2D eigenvalue weighted by molar-refractivity contribution is -0.242. The van der Waals surface area contributed by atoms with Crippen LogP contribution in [0.1, 0.15) is 71.1 Å². The maximum absolute atomic E-state index is 15.5. The van der Waals surface area contributed by atoms with Crippen LogP contribution < -0.4 is 0 Å². The minimum atomic E-state index is -2.52. The molecule has 5 aliphatic heterocycles. The van der Waals surface area contributed by atoms with Crippen LogP contribution in [0.2, 0.25) is 0 Å². The summed E-state index contributed by atoms with van der Waals surface area (Å²) in [6.45, 7) is 10.4. The maximum atomic E-state index is 15.5. The molecule has 1 aromatic carbocycles. The second-order valence-electron chi connectivity index (χ2n) is 19.1. The number of carbonyl (C=O) groups is 4. The number of hydrogen-bond acceptors (Lipinski definition) is 13. The predicted molar refractivity (Wildman–Crippen MR) is 235 cm³/mol. The fourth-order valence-corrected chi connectivity index (χ4v) is 14.8. The SMILES string of the molecule is CCSc1ccc2[nH]c3c(c2c1)CCN1C[C@H](C[C@@](O)(CC)C1)C[C@]3(C(=O)OC)C1C=C2C(=CC1OC)N(C=O)[C@H]1[C@@](O)(C(=O)OC)[C@H](OC(C)=O)[C@]3(CC)C=CCN4CC[C@]21[C@@H]43. The topological polar surface area (TPSA) is 171 Å². The zero-order valence-corrected chi connectivity index (χ0v) is 38.3. The van der Waals surface area contributed by atoms with Gasteiger partial charge in [-0.25, -0.2) is 4.79 Å². The number of carbonyl (C=O) groups excluding carboxylic acids is 4. The summed E-state index contributed by atoms with van der Waals surface area (Å²) in [6.07, 6.45) is 9.20. The van der Waals surface area contributed by atoms with E-state index in [0.29, 0.717) is 83.4 Å². The molecule has 1 saturated carbocycles. The molecule has 2 aromatic rings. The van der Waals surface area contributed by atoms with Crippen molar-refractivity contribution in [2.45, 2.75) is 112 Å². The molecular formula is C48H62N4O10S. The lowest BCUT2D eigenvalue weighted by Gasteiger charge is -2.63. The molecule has 7 aliphatic rings. The number of hydrogen-bond donors (Lipinski definition) is 3. The van der Waals surface area contributed by atoms with E-state index in [1.54, 1.807) is 18.9 Å². The van der Waals surface area contributed by atoms with E-state index < -0.39 is 75.6 Å². The lowest BCUT2D eigenvalue weighted by Crippen LogP contribution is -2.80. The summed E-state index contributed by atoms with van der Waals surface area (Å²) in [7, 11) is 4.20. The molecule has 1 spiro atoms. The number of nitrogens with one attached hydrogen (secondary N) is 1. The quantitative estimate of drug-likeness (QED) is 0.102. The van der Waals surface area contributed by atoms with Crippen LogP contribution >= 0.6 is 11.8 Å². The van der Waals surface area contributed by atoms with Crippen molar-refractivity contribution in [3.05, 3.63) is 65.0 Å². The van der Waals surface area contributed by atoms with Crippen molar-refractivity contribution in [3.8, 4) is 0 Å². The number of piperidine rings is 1. The number of amides is 1. The number of thioether (sulfide) groups is 1. The molecule has 3 N–H and O–H groups in total. The van der Waals surface area contributed by atoms with Gasteiger partial charge in [0.1, 0.15) is 5.41 Å². The smallest absolute Gasteiger partial charge is 0.344 e. The van der Waals surface area contributed by atoms with Crippen LogP contribution in [-0.4, -0.2) is 150 Å². The number of allylic oxidation sites excluding steroid dienone is 1. The molecule has 0 radical (unpaired) electrons. The summed E-state index contributed by atoms with van der Waals surface area (Å²) < 4.78 is 24.0. The van der Waals surface area contributed by atoms with Crippen molar-refractivity contribution in [1.82, 2.24) is 19.7 Å². The second kappa shape index (κ2) is 15.9. The molecule has 12 atom stereocenters. The number of aromatic amines is 1. The van der Waals surface area contributed by atoms with Crippen molar-refractivity contribution in [2.24, 2.45) is 22.7 Å². The monoisotopic (exact) mass is 886 g/mol. The number of nitrogens with zero attached hydrogens (tertiary/aromatic N) is 3.